The fraction of sp³-hybridized carbons (Fsp3) is 0.692. The second-order valence-electron chi connectivity index (χ2n) is 6.12. The molecule has 8 heteroatoms. The number of nitrogens with zero attached hydrogens (tertiary/aromatic N) is 1. The van der Waals surface area contributed by atoms with Gasteiger partial charge in [-0.2, -0.15) is 0 Å². The van der Waals surface area contributed by atoms with Gasteiger partial charge in [0.15, 0.2) is 9.34 Å². The van der Waals surface area contributed by atoms with Gasteiger partial charge in [-0.15, -0.1) is 0 Å². The Hall–Kier alpha value is -0.990. The van der Waals surface area contributed by atoms with Crippen molar-refractivity contribution in [3.63, 3.8) is 0 Å². The molecular formula is C13H19N3O3S2. The summed E-state index contributed by atoms with van der Waals surface area (Å²) in [5.41, 5.74) is 0.331. The lowest BCUT2D eigenvalue weighted by atomic mass is 9.86. The molecule has 2 aliphatic rings. The van der Waals surface area contributed by atoms with Crippen LogP contribution in [0.25, 0.3) is 0 Å². The van der Waals surface area contributed by atoms with Crippen molar-refractivity contribution in [1.29, 1.82) is 0 Å². The number of aromatic nitrogens is 1. The van der Waals surface area contributed by atoms with E-state index < -0.39 is 10.0 Å². The highest BCUT2D eigenvalue weighted by atomic mass is 32.2. The Morgan fingerprint density at radius 2 is 2.19 bits per heavy atom. The van der Waals surface area contributed by atoms with Crippen LogP contribution in [-0.2, 0) is 14.8 Å². The van der Waals surface area contributed by atoms with Crippen molar-refractivity contribution in [2.45, 2.75) is 43.2 Å². The second kappa shape index (κ2) is 5.33. The van der Waals surface area contributed by atoms with Crippen LogP contribution in [0.5, 0.6) is 0 Å². The number of hydrogen-bond acceptors (Lipinski definition) is 5. The van der Waals surface area contributed by atoms with Gasteiger partial charge in [0.1, 0.15) is 0 Å². The van der Waals surface area contributed by atoms with Gasteiger partial charge in [-0.25, -0.2) is 18.5 Å². The zero-order valence-corrected chi connectivity index (χ0v) is 13.5. The predicted molar refractivity (Wildman–Crippen MR) is 80.4 cm³/mol. The summed E-state index contributed by atoms with van der Waals surface area (Å²) in [5.74, 6) is 1.90. The third kappa shape index (κ3) is 3.12. The number of thiazole rings is 1. The first-order valence-corrected chi connectivity index (χ1v) is 9.49. The molecule has 1 heterocycles. The molecule has 2 fully saturated rings. The van der Waals surface area contributed by atoms with Crippen LogP contribution >= 0.6 is 11.3 Å². The molecule has 1 aromatic rings. The maximum atomic E-state index is 12.1. The molecule has 1 aromatic heterocycles. The number of fused-ring (bicyclic) bond motifs is 2. The number of nitrogens with two attached hydrogens (primary N) is 1. The number of nitrogens with one attached hydrogen (secondary N) is 1. The summed E-state index contributed by atoms with van der Waals surface area (Å²) in [7, 11) is -3.77. The topological polar surface area (TPSA) is 102 Å². The van der Waals surface area contributed by atoms with E-state index in [1.807, 2.05) is 0 Å². The average molecular weight is 329 g/mol. The number of aryl methyl sites for hydroxylation is 1. The normalized spacial score (nSPS) is 28.0. The molecule has 3 N–H and O–H groups in total. The maximum absolute atomic E-state index is 12.1. The minimum atomic E-state index is -3.77. The van der Waals surface area contributed by atoms with Crippen LogP contribution in [0.2, 0.25) is 0 Å². The fourth-order valence-corrected chi connectivity index (χ4v) is 5.61. The van der Waals surface area contributed by atoms with E-state index in [0.717, 1.165) is 23.7 Å². The van der Waals surface area contributed by atoms with Crippen molar-refractivity contribution in [3.8, 4) is 0 Å². The fourth-order valence-electron chi connectivity index (χ4n) is 3.73. The summed E-state index contributed by atoms with van der Waals surface area (Å²) >= 11 is 0.912. The van der Waals surface area contributed by atoms with E-state index in [9.17, 15) is 13.2 Å². The third-order valence-electron chi connectivity index (χ3n) is 4.59. The quantitative estimate of drug-likeness (QED) is 0.880. The summed E-state index contributed by atoms with van der Waals surface area (Å²) < 4.78 is 22.7. The van der Waals surface area contributed by atoms with E-state index in [1.54, 1.807) is 6.92 Å². The molecule has 21 heavy (non-hydrogen) atoms. The van der Waals surface area contributed by atoms with Gasteiger partial charge in [0.25, 0.3) is 0 Å². The molecule has 0 aliphatic heterocycles. The van der Waals surface area contributed by atoms with Crippen molar-refractivity contribution in [3.05, 3.63) is 5.69 Å². The molecule has 3 atom stereocenters. The van der Waals surface area contributed by atoms with Crippen LogP contribution in [0, 0.1) is 24.7 Å². The van der Waals surface area contributed by atoms with Crippen molar-refractivity contribution in [2.24, 2.45) is 22.9 Å². The van der Waals surface area contributed by atoms with E-state index >= 15 is 0 Å². The van der Waals surface area contributed by atoms with Crippen LogP contribution in [0.1, 0.15) is 37.8 Å². The summed E-state index contributed by atoms with van der Waals surface area (Å²) in [6.07, 6.45) is 5.48. The Labute approximate surface area is 128 Å². The largest absolute Gasteiger partial charge is 0.302 e. The number of anilines is 1. The first-order valence-electron chi connectivity index (χ1n) is 7.13. The van der Waals surface area contributed by atoms with Crippen LogP contribution in [0.15, 0.2) is 4.21 Å². The summed E-state index contributed by atoms with van der Waals surface area (Å²) in [4.78, 5) is 16.2. The number of carbonyl (C=O) groups excluding carboxylic acids is 1. The molecule has 3 unspecified atom stereocenters. The van der Waals surface area contributed by atoms with E-state index in [0.29, 0.717) is 29.1 Å². The maximum Gasteiger partial charge on any atom is 0.249 e. The number of sulfonamides is 1. The zero-order valence-electron chi connectivity index (χ0n) is 11.8. The first kappa shape index (κ1) is 14.9. The molecule has 0 saturated heterocycles. The molecule has 3 rings (SSSR count). The Kier molecular flexibility index (Phi) is 3.79. The van der Waals surface area contributed by atoms with Crippen LogP contribution in [0.3, 0.4) is 0 Å². The minimum Gasteiger partial charge on any atom is -0.302 e. The number of amides is 1. The molecule has 0 radical (unpaired) electrons. The number of rotatable bonds is 4. The van der Waals surface area contributed by atoms with Gasteiger partial charge in [-0.3, -0.25) is 4.79 Å². The SMILES string of the molecule is Cc1nc(NC(=O)CC2CC3CCC2C3)sc1S(N)(=O)=O. The first-order chi connectivity index (χ1) is 9.83. The lowest BCUT2D eigenvalue weighted by Crippen LogP contribution is -2.20. The molecule has 0 spiro atoms. The van der Waals surface area contributed by atoms with Crippen molar-refractivity contribution >= 4 is 32.4 Å². The number of hydrogen-bond donors (Lipinski definition) is 2. The molecule has 2 saturated carbocycles. The highest BCUT2D eigenvalue weighted by molar-refractivity contribution is 7.91. The van der Waals surface area contributed by atoms with Crippen LogP contribution < -0.4 is 10.5 Å². The molecule has 0 aromatic carbocycles. The van der Waals surface area contributed by atoms with Crippen LogP contribution in [-0.4, -0.2) is 19.3 Å². The van der Waals surface area contributed by atoms with Crippen molar-refractivity contribution in [1.82, 2.24) is 4.98 Å². The highest BCUT2D eigenvalue weighted by Gasteiger charge is 2.40. The Balaban J connectivity index is 1.63. The Bertz CT molecular complexity index is 668. The molecule has 2 aliphatic carbocycles. The molecular weight excluding hydrogens is 310 g/mol. The van der Waals surface area contributed by atoms with Gasteiger partial charge in [-0.1, -0.05) is 17.8 Å². The van der Waals surface area contributed by atoms with Gasteiger partial charge in [0.05, 0.1) is 5.69 Å². The summed E-state index contributed by atoms with van der Waals surface area (Å²) in [6.45, 7) is 1.57. The lowest BCUT2D eigenvalue weighted by Gasteiger charge is -2.20. The smallest absolute Gasteiger partial charge is 0.249 e. The van der Waals surface area contributed by atoms with Gasteiger partial charge in [0, 0.05) is 6.42 Å². The standard InChI is InChI=1S/C13H19N3O3S2/c1-7-12(21(14,18)19)20-13(15-7)16-11(17)6-10-5-8-2-3-9(10)4-8/h8-10H,2-6H2,1H3,(H2,14,18,19)(H,15,16,17). The molecule has 1 amide bonds. The molecule has 2 bridgehead atoms. The second-order valence-corrected chi connectivity index (χ2v) is 8.88. The zero-order chi connectivity index (χ0) is 15.2. The lowest BCUT2D eigenvalue weighted by molar-refractivity contribution is -0.117. The van der Waals surface area contributed by atoms with Crippen LogP contribution in [0.4, 0.5) is 5.13 Å². The Morgan fingerprint density at radius 3 is 2.71 bits per heavy atom. The van der Waals surface area contributed by atoms with E-state index in [2.05, 4.69) is 10.3 Å². The van der Waals surface area contributed by atoms with E-state index in [4.69, 9.17) is 5.14 Å². The van der Waals surface area contributed by atoms with Gasteiger partial charge in [-0.05, 0) is 43.9 Å². The van der Waals surface area contributed by atoms with Crippen molar-refractivity contribution in [2.75, 3.05) is 5.32 Å². The van der Waals surface area contributed by atoms with Crippen molar-refractivity contribution < 1.29 is 13.2 Å². The van der Waals surface area contributed by atoms with E-state index in [1.165, 1.54) is 19.3 Å². The molecule has 116 valence electrons. The summed E-state index contributed by atoms with van der Waals surface area (Å²) in [5, 5.41) is 8.12. The predicted octanol–water partition coefficient (Wildman–Crippen LogP) is 1.86. The number of primary sulfonamides is 1. The van der Waals surface area contributed by atoms with Gasteiger partial charge >= 0.3 is 0 Å². The third-order valence-corrected chi connectivity index (χ3v) is 7.22. The highest BCUT2D eigenvalue weighted by Crippen LogP contribution is 2.49. The average Bonchev–Trinajstić information content (AvgIpc) is 3.03. The summed E-state index contributed by atoms with van der Waals surface area (Å²) in [6, 6.07) is 0. The van der Waals surface area contributed by atoms with Gasteiger partial charge < -0.3 is 5.32 Å². The van der Waals surface area contributed by atoms with Gasteiger partial charge in [0.2, 0.25) is 15.9 Å². The monoisotopic (exact) mass is 329 g/mol. The van der Waals surface area contributed by atoms with E-state index in [-0.39, 0.29) is 10.1 Å². The molecule has 6 nitrogen and oxygen atoms in total. The Morgan fingerprint density at radius 1 is 1.43 bits per heavy atom. The number of carbonyl (C=O) groups is 1. The minimum absolute atomic E-state index is 0.0118.